The van der Waals surface area contributed by atoms with Crippen molar-refractivity contribution in [1.82, 2.24) is 15.1 Å². The number of nitrogens with one attached hydrogen (secondary N) is 2. The molecular formula is C19H23N5O2. The first-order valence-electron chi connectivity index (χ1n) is 8.79. The molecule has 0 aliphatic carbocycles. The van der Waals surface area contributed by atoms with Crippen LogP contribution in [0.5, 0.6) is 0 Å². The van der Waals surface area contributed by atoms with E-state index in [1.807, 2.05) is 17.0 Å². The van der Waals surface area contributed by atoms with Gasteiger partial charge in [-0.1, -0.05) is 13.0 Å². The first kappa shape index (κ1) is 17.8. The Labute approximate surface area is 152 Å². The molecule has 0 bridgehead atoms. The number of aromatic nitrogens is 2. The number of benzene rings is 1. The Morgan fingerprint density at radius 1 is 1.15 bits per heavy atom. The lowest BCUT2D eigenvalue weighted by Crippen LogP contribution is -2.39. The largest absolute Gasteiger partial charge is 0.339 e. The van der Waals surface area contributed by atoms with Gasteiger partial charge in [-0.15, -0.1) is 10.2 Å². The monoisotopic (exact) mass is 353 g/mol. The van der Waals surface area contributed by atoms with Gasteiger partial charge in [0.15, 0.2) is 11.5 Å². The van der Waals surface area contributed by atoms with E-state index in [1.54, 1.807) is 24.3 Å². The van der Waals surface area contributed by atoms with Gasteiger partial charge in [0.1, 0.15) is 0 Å². The van der Waals surface area contributed by atoms with E-state index in [1.165, 1.54) is 6.92 Å². The fourth-order valence-electron chi connectivity index (χ4n) is 3.07. The summed E-state index contributed by atoms with van der Waals surface area (Å²) in [5.74, 6) is 0.867. The molecule has 7 nitrogen and oxygen atoms in total. The highest BCUT2D eigenvalue weighted by Crippen LogP contribution is 2.20. The third-order valence-electron chi connectivity index (χ3n) is 4.28. The summed E-state index contributed by atoms with van der Waals surface area (Å²) in [6.45, 7) is 5.18. The number of rotatable bonds is 4. The molecule has 136 valence electrons. The van der Waals surface area contributed by atoms with Crippen LogP contribution >= 0.6 is 0 Å². The second kappa shape index (κ2) is 7.95. The van der Waals surface area contributed by atoms with Crippen molar-refractivity contribution in [3.05, 3.63) is 42.1 Å². The molecular weight excluding hydrogens is 330 g/mol. The van der Waals surface area contributed by atoms with Crippen molar-refractivity contribution in [2.75, 3.05) is 23.7 Å². The van der Waals surface area contributed by atoms with Crippen LogP contribution in [0.25, 0.3) is 0 Å². The lowest BCUT2D eigenvalue weighted by molar-refractivity contribution is -0.114. The smallest absolute Gasteiger partial charge is 0.274 e. The second-order valence-electron chi connectivity index (χ2n) is 6.69. The molecule has 0 radical (unpaired) electrons. The molecule has 2 aromatic rings. The average Bonchev–Trinajstić information content (AvgIpc) is 2.61. The van der Waals surface area contributed by atoms with Gasteiger partial charge in [-0.3, -0.25) is 9.59 Å². The summed E-state index contributed by atoms with van der Waals surface area (Å²) in [5, 5.41) is 14.0. The number of likely N-dealkylation sites (tertiary alicyclic amines) is 1. The molecule has 1 fully saturated rings. The van der Waals surface area contributed by atoms with E-state index in [4.69, 9.17) is 0 Å². The second-order valence-corrected chi connectivity index (χ2v) is 6.69. The first-order chi connectivity index (χ1) is 12.5. The molecule has 1 unspecified atom stereocenters. The van der Waals surface area contributed by atoms with Gasteiger partial charge in [0, 0.05) is 31.4 Å². The van der Waals surface area contributed by atoms with Crippen LogP contribution in [0.2, 0.25) is 0 Å². The van der Waals surface area contributed by atoms with Gasteiger partial charge in [-0.05, 0) is 49.1 Å². The summed E-state index contributed by atoms with van der Waals surface area (Å²) in [5.41, 5.74) is 1.83. The van der Waals surface area contributed by atoms with Crippen LogP contribution in [-0.4, -0.2) is 40.0 Å². The van der Waals surface area contributed by atoms with E-state index < -0.39 is 0 Å². The van der Waals surface area contributed by atoms with Crippen LogP contribution in [0.1, 0.15) is 37.2 Å². The molecule has 0 spiro atoms. The lowest BCUT2D eigenvalue weighted by Gasteiger charge is -2.30. The summed E-state index contributed by atoms with van der Waals surface area (Å²) in [6.07, 6.45) is 2.19. The van der Waals surface area contributed by atoms with Gasteiger partial charge in [0.25, 0.3) is 5.91 Å². The highest BCUT2D eigenvalue weighted by Gasteiger charge is 2.23. The molecule has 2 heterocycles. The number of nitrogens with zero attached hydrogens (tertiary/aromatic N) is 3. The summed E-state index contributed by atoms with van der Waals surface area (Å²) in [7, 11) is 0. The van der Waals surface area contributed by atoms with Crippen molar-refractivity contribution in [1.29, 1.82) is 0 Å². The SMILES string of the molecule is CC(=O)Nc1cccc(Nc2ccc(C(=O)N3CCCC(C)C3)nn2)c1. The van der Waals surface area contributed by atoms with E-state index >= 15 is 0 Å². The molecule has 26 heavy (non-hydrogen) atoms. The Bertz CT molecular complexity index is 791. The normalized spacial score (nSPS) is 16.8. The molecule has 2 amide bonds. The summed E-state index contributed by atoms with van der Waals surface area (Å²) in [4.78, 5) is 25.5. The minimum absolute atomic E-state index is 0.0664. The van der Waals surface area contributed by atoms with Crippen LogP contribution in [0.3, 0.4) is 0 Å². The number of amides is 2. The molecule has 3 rings (SSSR count). The third kappa shape index (κ3) is 4.56. The minimum Gasteiger partial charge on any atom is -0.339 e. The molecule has 1 aromatic carbocycles. The first-order valence-corrected chi connectivity index (χ1v) is 8.79. The quantitative estimate of drug-likeness (QED) is 0.882. The molecule has 0 saturated carbocycles. The van der Waals surface area contributed by atoms with Crippen LogP contribution in [0.15, 0.2) is 36.4 Å². The van der Waals surface area contributed by atoms with Crippen molar-refractivity contribution in [3.63, 3.8) is 0 Å². The number of piperidine rings is 1. The van der Waals surface area contributed by atoms with Gasteiger partial charge >= 0.3 is 0 Å². The Morgan fingerprint density at radius 3 is 2.65 bits per heavy atom. The van der Waals surface area contributed by atoms with E-state index in [0.29, 0.717) is 23.1 Å². The molecule has 1 saturated heterocycles. The standard InChI is InChI=1S/C19H23N5O2/c1-13-5-4-10-24(12-13)19(26)17-8-9-18(23-22-17)21-16-7-3-6-15(11-16)20-14(2)25/h3,6-9,11,13H,4-5,10,12H2,1-2H3,(H,20,25)(H,21,23). The van der Waals surface area contributed by atoms with Crippen LogP contribution in [0, 0.1) is 5.92 Å². The number of carbonyl (C=O) groups excluding carboxylic acids is 2. The van der Waals surface area contributed by atoms with Crippen LogP contribution in [-0.2, 0) is 4.79 Å². The highest BCUT2D eigenvalue weighted by atomic mass is 16.2. The molecule has 1 aromatic heterocycles. The average molecular weight is 353 g/mol. The van der Waals surface area contributed by atoms with Crippen LogP contribution in [0.4, 0.5) is 17.2 Å². The Kier molecular flexibility index (Phi) is 5.46. The highest BCUT2D eigenvalue weighted by molar-refractivity contribution is 5.92. The molecule has 7 heteroatoms. The zero-order chi connectivity index (χ0) is 18.5. The molecule has 1 atom stereocenters. The topological polar surface area (TPSA) is 87.2 Å². The summed E-state index contributed by atoms with van der Waals surface area (Å²) < 4.78 is 0. The maximum absolute atomic E-state index is 12.5. The van der Waals surface area contributed by atoms with Gasteiger partial charge < -0.3 is 15.5 Å². The van der Waals surface area contributed by atoms with E-state index in [2.05, 4.69) is 27.8 Å². The van der Waals surface area contributed by atoms with E-state index in [-0.39, 0.29) is 11.8 Å². The summed E-state index contributed by atoms with van der Waals surface area (Å²) >= 11 is 0. The zero-order valence-electron chi connectivity index (χ0n) is 15.0. The van der Waals surface area contributed by atoms with Gasteiger partial charge in [0.2, 0.25) is 5.91 Å². The Balaban J connectivity index is 1.66. The lowest BCUT2D eigenvalue weighted by atomic mass is 10.00. The van der Waals surface area contributed by atoms with Crippen molar-refractivity contribution in [2.24, 2.45) is 5.92 Å². The minimum atomic E-state index is -0.128. The predicted molar refractivity (Wildman–Crippen MR) is 100 cm³/mol. The predicted octanol–water partition coefficient (Wildman–Crippen LogP) is 3.05. The van der Waals surface area contributed by atoms with Crippen LogP contribution < -0.4 is 10.6 Å². The summed E-state index contributed by atoms with van der Waals surface area (Å²) in [6, 6.07) is 10.7. The van der Waals surface area contributed by atoms with E-state index in [9.17, 15) is 9.59 Å². The number of carbonyl (C=O) groups is 2. The number of hydrogen-bond donors (Lipinski definition) is 2. The van der Waals surface area contributed by atoms with Crippen molar-refractivity contribution in [3.8, 4) is 0 Å². The zero-order valence-corrected chi connectivity index (χ0v) is 15.0. The Morgan fingerprint density at radius 2 is 1.96 bits per heavy atom. The maximum Gasteiger partial charge on any atom is 0.274 e. The third-order valence-corrected chi connectivity index (χ3v) is 4.28. The van der Waals surface area contributed by atoms with Crippen molar-refractivity contribution in [2.45, 2.75) is 26.7 Å². The van der Waals surface area contributed by atoms with Gasteiger partial charge in [-0.2, -0.15) is 0 Å². The van der Waals surface area contributed by atoms with Crippen molar-refractivity contribution >= 4 is 29.0 Å². The van der Waals surface area contributed by atoms with Gasteiger partial charge in [-0.25, -0.2) is 0 Å². The Hall–Kier alpha value is -2.96. The molecule has 1 aliphatic rings. The maximum atomic E-state index is 12.5. The number of anilines is 3. The molecule has 1 aliphatic heterocycles. The fourth-order valence-corrected chi connectivity index (χ4v) is 3.07. The van der Waals surface area contributed by atoms with E-state index in [0.717, 1.165) is 31.6 Å². The molecule has 2 N–H and O–H groups in total. The number of hydrogen-bond acceptors (Lipinski definition) is 5. The van der Waals surface area contributed by atoms with Gasteiger partial charge in [0.05, 0.1) is 0 Å². The van der Waals surface area contributed by atoms with Crippen molar-refractivity contribution < 1.29 is 9.59 Å². The fraction of sp³-hybridized carbons (Fsp3) is 0.368.